The van der Waals surface area contributed by atoms with Gasteiger partial charge in [0.05, 0.1) is 16.8 Å². The van der Waals surface area contributed by atoms with Gasteiger partial charge in [0.1, 0.15) is 22.3 Å². The van der Waals surface area contributed by atoms with Crippen LogP contribution in [0.1, 0.15) is 0 Å². The molecule has 2 aromatic heterocycles. The van der Waals surface area contributed by atoms with Crippen LogP contribution in [0, 0.1) is 0 Å². The molecule has 0 fully saturated rings. The molecule has 0 aliphatic rings. The van der Waals surface area contributed by atoms with Gasteiger partial charge < -0.3 is 13.7 Å². The van der Waals surface area contributed by atoms with Crippen LogP contribution in [0.3, 0.4) is 0 Å². The van der Waals surface area contributed by atoms with E-state index in [9.17, 15) is 0 Å². The summed E-state index contributed by atoms with van der Waals surface area (Å²) in [5.74, 6) is 0. The molecule has 55 heavy (non-hydrogen) atoms. The van der Waals surface area contributed by atoms with Crippen molar-refractivity contribution in [2.24, 2.45) is 0 Å². The maximum atomic E-state index is 6.70. The second kappa shape index (κ2) is 12.6. The normalized spacial score (nSPS) is 11.6. The quantitative estimate of drug-likeness (QED) is 0.173. The highest BCUT2D eigenvalue weighted by Gasteiger charge is 2.23. The van der Waals surface area contributed by atoms with Gasteiger partial charge in [-0.25, -0.2) is 0 Å². The van der Waals surface area contributed by atoms with Crippen LogP contribution in [0.5, 0.6) is 0 Å². The van der Waals surface area contributed by atoms with Crippen molar-refractivity contribution < 1.29 is 8.83 Å². The highest BCUT2D eigenvalue weighted by Crippen LogP contribution is 2.47. The first-order valence-corrected chi connectivity index (χ1v) is 18.7. The van der Waals surface area contributed by atoms with Gasteiger partial charge in [-0.05, 0) is 87.8 Å². The highest BCUT2D eigenvalue weighted by molar-refractivity contribution is 6.20. The molecule has 0 spiro atoms. The first-order valence-electron chi connectivity index (χ1n) is 18.7. The highest BCUT2D eigenvalue weighted by atomic mass is 16.3. The molecular weight excluding hydrogens is 671 g/mol. The van der Waals surface area contributed by atoms with Crippen LogP contribution >= 0.6 is 0 Å². The van der Waals surface area contributed by atoms with E-state index in [0.29, 0.717) is 0 Å². The zero-order valence-electron chi connectivity index (χ0n) is 29.8. The molecule has 0 bridgehead atoms. The van der Waals surface area contributed by atoms with Gasteiger partial charge in [-0.3, -0.25) is 0 Å². The Bertz CT molecular complexity index is 3190. The monoisotopic (exact) mass is 703 g/mol. The smallest absolute Gasteiger partial charge is 0.143 e. The Kier molecular flexibility index (Phi) is 7.17. The fraction of sp³-hybridized carbons (Fsp3) is 0. The van der Waals surface area contributed by atoms with Gasteiger partial charge in [0.15, 0.2) is 0 Å². The van der Waals surface area contributed by atoms with Crippen molar-refractivity contribution in [3.05, 3.63) is 200 Å². The van der Waals surface area contributed by atoms with Crippen molar-refractivity contribution in [2.45, 2.75) is 0 Å². The van der Waals surface area contributed by atoms with Gasteiger partial charge in [-0.15, -0.1) is 0 Å². The lowest BCUT2D eigenvalue weighted by Gasteiger charge is -2.28. The third-order valence-electron chi connectivity index (χ3n) is 10.9. The number of para-hydroxylation sites is 2. The Morgan fingerprint density at radius 1 is 0.327 bits per heavy atom. The van der Waals surface area contributed by atoms with Gasteiger partial charge in [0.25, 0.3) is 0 Å². The van der Waals surface area contributed by atoms with E-state index in [2.05, 4.69) is 193 Å². The number of hydrogen-bond acceptors (Lipinski definition) is 3. The molecule has 0 aliphatic heterocycles. The molecule has 0 aliphatic carbocycles. The van der Waals surface area contributed by atoms with E-state index in [1.807, 2.05) is 12.1 Å². The Balaban J connectivity index is 1.09. The van der Waals surface area contributed by atoms with Crippen molar-refractivity contribution in [1.82, 2.24) is 0 Å². The number of rotatable bonds is 6. The van der Waals surface area contributed by atoms with Crippen LogP contribution in [0.4, 0.5) is 17.1 Å². The fourth-order valence-electron chi connectivity index (χ4n) is 8.22. The van der Waals surface area contributed by atoms with Crippen molar-refractivity contribution >= 4 is 71.7 Å². The molecule has 0 N–H and O–H groups in total. The van der Waals surface area contributed by atoms with Gasteiger partial charge in [-0.1, -0.05) is 146 Å². The lowest BCUT2D eigenvalue weighted by molar-refractivity contribution is 0.669. The lowest BCUT2D eigenvalue weighted by atomic mass is 9.98. The van der Waals surface area contributed by atoms with Crippen molar-refractivity contribution in [3.63, 3.8) is 0 Å². The predicted molar refractivity (Wildman–Crippen MR) is 229 cm³/mol. The number of fused-ring (bicyclic) bond motifs is 8. The van der Waals surface area contributed by atoms with Crippen LogP contribution < -0.4 is 4.90 Å². The number of nitrogens with zero attached hydrogens (tertiary/aromatic N) is 1. The summed E-state index contributed by atoms with van der Waals surface area (Å²) >= 11 is 0. The van der Waals surface area contributed by atoms with Crippen LogP contribution in [0.25, 0.3) is 88.0 Å². The molecule has 258 valence electrons. The van der Waals surface area contributed by atoms with E-state index in [0.717, 1.165) is 88.4 Å². The Morgan fingerprint density at radius 3 is 1.73 bits per heavy atom. The zero-order chi connectivity index (χ0) is 36.3. The second-order valence-electron chi connectivity index (χ2n) is 14.1. The average Bonchev–Trinajstić information content (AvgIpc) is 3.84. The Labute approximate surface area is 317 Å². The maximum Gasteiger partial charge on any atom is 0.143 e. The fourth-order valence-corrected chi connectivity index (χ4v) is 8.22. The van der Waals surface area contributed by atoms with Crippen LogP contribution in [-0.4, -0.2) is 0 Å². The standard InChI is InChI=1S/C52H33NO2/c1-2-11-34(12-3-1)35-21-23-36(24-22-35)37-25-29-40(30-26-37)53(47-18-10-20-49-51(47)45-32-27-38-13-4-5-15-42(38)52(45)55-49)46-17-8-6-14-41(46)39-28-31-44-43-16-7-9-19-48(43)54-50(44)33-39/h1-33H. The largest absolute Gasteiger partial charge is 0.456 e. The summed E-state index contributed by atoms with van der Waals surface area (Å²) in [5, 5.41) is 6.67. The van der Waals surface area contributed by atoms with Gasteiger partial charge in [0.2, 0.25) is 0 Å². The van der Waals surface area contributed by atoms with Crippen molar-refractivity contribution in [2.75, 3.05) is 4.90 Å². The molecule has 9 aromatic carbocycles. The Hall–Kier alpha value is -7.36. The molecule has 3 nitrogen and oxygen atoms in total. The second-order valence-corrected chi connectivity index (χ2v) is 14.1. The maximum absolute atomic E-state index is 6.70. The summed E-state index contributed by atoms with van der Waals surface area (Å²) < 4.78 is 13.1. The van der Waals surface area contributed by atoms with E-state index < -0.39 is 0 Å². The average molecular weight is 704 g/mol. The molecule has 2 heterocycles. The molecule has 11 aromatic rings. The predicted octanol–water partition coefficient (Wildman–Crippen LogP) is 15.1. The first kappa shape index (κ1) is 31.2. The van der Waals surface area contributed by atoms with E-state index in [1.165, 1.54) is 16.7 Å². The summed E-state index contributed by atoms with van der Waals surface area (Å²) in [6.45, 7) is 0. The molecule has 0 saturated heterocycles. The molecule has 11 rings (SSSR count). The number of benzene rings is 9. The first-order chi connectivity index (χ1) is 27.3. The third kappa shape index (κ3) is 5.20. The third-order valence-corrected chi connectivity index (χ3v) is 10.9. The van der Waals surface area contributed by atoms with E-state index in [-0.39, 0.29) is 0 Å². The summed E-state index contributed by atoms with van der Waals surface area (Å²) in [6.07, 6.45) is 0. The summed E-state index contributed by atoms with van der Waals surface area (Å²) in [6, 6.07) is 70.9. The van der Waals surface area contributed by atoms with E-state index in [4.69, 9.17) is 8.83 Å². The lowest BCUT2D eigenvalue weighted by Crippen LogP contribution is -2.11. The number of anilines is 3. The number of hydrogen-bond donors (Lipinski definition) is 0. The molecule has 0 atom stereocenters. The van der Waals surface area contributed by atoms with Crippen LogP contribution in [0.15, 0.2) is 209 Å². The Morgan fingerprint density at radius 2 is 0.909 bits per heavy atom. The zero-order valence-corrected chi connectivity index (χ0v) is 29.8. The molecule has 0 amide bonds. The summed E-state index contributed by atoms with van der Waals surface area (Å²) in [4.78, 5) is 2.38. The van der Waals surface area contributed by atoms with Crippen molar-refractivity contribution in [1.29, 1.82) is 0 Å². The van der Waals surface area contributed by atoms with E-state index >= 15 is 0 Å². The van der Waals surface area contributed by atoms with Gasteiger partial charge in [0, 0.05) is 32.8 Å². The minimum absolute atomic E-state index is 0.852. The molecule has 0 unspecified atom stereocenters. The van der Waals surface area contributed by atoms with Crippen LogP contribution in [-0.2, 0) is 0 Å². The topological polar surface area (TPSA) is 29.5 Å². The van der Waals surface area contributed by atoms with Gasteiger partial charge >= 0.3 is 0 Å². The molecular formula is C52H33NO2. The summed E-state index contributed by atoms with van der Waals surface area (Å²) in [5.41, 5.74) is 13.6. The number of furan rings is 2. The van der Waals surface area contributed by atoms with Crippen LogP contribution in [0.2, 0.25) is 0 Å². The minimum atomic E-state index is 0.852. The minimum Gasteiger partial charge on any atom is -0.456 e. The molecule has 3 heteroatoms. The SMILES string of the molecule is c1ccc(-c2ccc(-c3ccc(N(c4ccccc4-c4ccc5c(c4)oc4ccccc45)c4cccc5oc6c7ccccc7ccc6c45)cc3)cc2)cc1. The molecule has 0 saturated carbocycles. The summed E-state index contributed by atoms with van der Waals surface area (Å²) in [7, 11) is 0. The van der Waals surface area contributed by atoms with Gasteiger partial charge in [-0.2, -0.15) is 0 Å². The van der Waals surface area contributed by atoms with Crippen molar-refractivity contribution in [3.8, 4) is 33.4 Å². The molecule has 0 radical (unpaired) electrons. The van der Waals surface area contributed by atoms with E-state index in [1.54, 1.807) is 0 Å².